The number of carbonyl (C=O) groups excluding carboxylic acids is 2. The maximum Gasteiger partial charge on any atom is 0.282 e. The van der Waals surface area contributed by atoms with Gasteiger partial charge in [0.05, 0.1) is 18.9 Å². The molecule has 2 N–H and O–H groups in total. The van der Waals surface area contributed by atoms with Crippen molar-refractivity contribution in [3.05, 3.63) is 65.2 Å². The third-order valence-electron chi connectivity index (χ3n) is 4.85. The van der Waals surface area contributed by atoms with Crippen molar-refractivity contribution < 1.29 is 19.2 Å². The third-order valence-corrected chi connectivity index (χ3v) is 4.85. The molecular formula is C21H25N2O3+. The molecule has 1 atom stereocenters. The van der Waals surface area contributed by atoms with Crippen molar-refractivity contribution in [2.45, 2.75) is 19.9 Å². The van der Waals surface area contributed by atoms with E-state index >= 15 is 0 Å². The smallest absolute Gasteiger partial charge is 0.282 e. The van der Waals surface area contributed by atoms with Crippen LogP contribution < -0.4 is 10.2 Å². The fourth-order valence-electron chi connectivity index (χ4n) is 3.19. The first-order valence-corrected chi connectivity index (χ1v) is 9.00. The number of morpholine rings is 1. The largest absolute Gasteiger partial charge is 0.370 e. The highest BCUT2D eigenvalue weighted by molar-refractivity contribution is 6.14. The summed E-state index contributed by atoms with van der Waals surface area (Å²) in [6.45, 7) is 6.85. The zero-order valence-corrected chi connectivity index (χ0v) is 15.2. The summed E-state index contributed by atoms with van der Waals surface area (Å²) in [5, 5.41) is 2.96. The number of ketones is 1. The fraction of sp³-hybridized carbons (Fsp3) is 0.333. The number of benzene rings is 2. The summed E-state index contributed by atoms with van der Waals surface area (Å²) in [4.78, 5) is 26.8. The van der Waals surface area contributed by atoms with Gasteiger partial charge in [-0.05, 0) is 26.0 Å². The van der Waals surface area contributed by atoms with Crippen LogP contribution in [0.1, 0.15) is 28.4 Å². The van der Waals surface area contributed by atoms with Crippen LogP contribution in [0.3, 0.4) is 0 Å². The van der Waals surface area contributed by atoms with Gasteiger partial charge in [0.1, 0.15) is 13.1 Å². The van der Waals surface area contributed by atoms with Crippen LogP contribution in [0.25, 0.3) is 0 Å². The van der Waals surface area contributed by atoms with Gasteiger partial charge in [0.15, 0.2) is 11.8 Å². The molecule has 136 valence electrons. The van der Waals surface area contributed by atoms with Gasteiger partial charge in [0.25, 0.3) is 5.91 Å². The maximum absolute atomic E-state index is 12.9. The highest BCUT2D eigenvalue weighted by atomic mass is 16.5. The molecule has 5 nitrogen and oxygen atoms in total. The summed E-state index contributed by atoms with van der Waals surface area (Å²) < 4.78 is 5.36. The molecule has 1 amide bonds. The van der Waals surface area contributed by atoms with Gasteiger partial charge in [-0.2, -0.15) is 0 Å². The van der Waals surface area contributed by atoms with Crippen LogP contribution in [0.2, 0.25) is 0 Å². The summed E-state index contributed by atoms with van der Waals surface area (Å²) in [6, 6.07) is 14.5. The fourth-order valence-corrected chi connectivity index (χ4v) is 3.19. The SMILES string of the molecule is Cc1ccc(NC(=O)[C@H](C)[NH+]2CCOCC2)c(C(=O)c2ccccc2)c1. The van der Waals surface area contributed by atoms with Crippen LogP contribution in [0.5, 0.6) is 0 Å². The topological polar surface area (TPSA) is 59.8 Å². The Bertz CT molecular complexity index is 783. The minimum Gasteiger partial charge on any atom is -0.370 e. The zero-order valence-electron chi connectivity index (χ0n) is 15.2. The van der Waals surface area contributed by atoms with Crippen molar-refractivity contribution in [1.29, 1.82) is 0 Å². The van der Waals surface area contributed by atoms with Crippen LogP contribution in [0, 0.1) is 6.92 Å². The van der Waals surface area contributed by atoms with E-state index in [4.69, 9.17) is 4.74 Å². The van der Waals surface area contributed by atoms with E-state index in [1.165, 1.54) is 4.90 Å². The molecule has 3 rings (SSSR count). The van der Waals surface area contributed by atoms with Crippen LogP contribution >= 0.6 is 0 Å². The Morgan fingerprint density at radius 3 is 2.46 bits per heavy atom. The molecule has 26 heavy (non-hydrogen) atoms. The summed E-state index contributed by atoms with van der Waals surface area (Å²) >= 11 is 0. The predicted molar refractivity (Wildman–Crippen MR) is 101 cm³/mol. The van der Waals surface area contributed by atoms with Crippen molar-refractivity contribution in [3.63, 3.8) is 0 Å². The van der Waals surface area contributed by atoms with Crippen LogP contribution in [-0.4, -0.2) is 44.0 Å². The van der Waals surface area contributed by atoms with Gasteiger partial charge < -0.3 is 15.0 Å². The summed E-state index contributed by atoms with van der Waals surface area (Å²) in [6.07, 6.45) is 0. The second-order valence-electron chi connectivity index (χ2n) is 6.73. The minimum absolute atomic E-state index is 0.0761. The van der Waals surface area contributed by atoms with Crippen LogP contribution in [-0.2, 0) is 9.53 Å². The van der Waals surface area contributed by atoms with E-state index < -0.39 is 0 Å². The first-order valence-electron chi connectivity index (χ1n) is 9.00. The van der Waals surface area contributed by atoms with E-state index in [0.717, 1.165) is 18.7 Å². The first kappa shape index (κ1) is 18.3. The summed E-state index contributed by atoms with van der Waals surface area (Å²) in [5.41, 5.74) is 2.68. The van der Waals surface area contributed by atoms with Gasteiger partial charge in [-0.3, -0.25) is 9.59 Å². The molecule has 0 bridgehead atoms. The molecule has 0 spiro atoms. The monoisotopic (exact) mass is 353 g/mol. The van der Waals surface area contributed by atoms with Gasteiger partial charge >= 0.3 is 0 Å². The summed E-state index contributed by atoms with van der Waals surface area (Å²) in [5.74, 6) is -0.163. The normalized spacial score (nSPS) is 16.1. The number of aryl methyl sites for hydroxylation is 1. The highest BCUT2D eigenvalue weighted by Gasteiger charge is 2.27. The van der Waals surface area contributed by atoms with E-state index in [1.807, 2.05) is 50.2 Å². The zero-order chi connectivity index (χ0) is 18.5. The average Bonchev–Trinajstić information content (AvgIpc) is 2.69. The molecule has 0 saturated carbocycles. The van der Waals surface area contributed by atoms with Crippen molar-refractivity contribution in [2.75, 3.05) is 31.6 Å². The Balaban J connectivity index is 1.81. The van der Waals surface area contributed by atoms with Gasteiger partial charge in [-0.1, -0.05) is 42.0 Å². The molecule has 5 heteroatoms. The van der Waals surface area contributed by atoms with Gasteiger partial charge in [0.2, 0.25) is 0 Å². The van der Waals surface area contributed by atoms with E-state index in [-0.39, 0.29) is 17.7 Å². The summed E-state index contributed by atoms with van der Waals surface area (Å²) in [7, 11) is 0. The van der Waals surface area contributed by atoms with Crippen molar-refractivity contribution in [2.24, 2.45) is 0 Å². The minimum atomic E-state index is -0.195. The Hall–Kier alpha value is -2.50. The molecular weight excluding hydrogens is 328 g/mol. The molecule has 1 aliphatic rings. The van der Waals surface area contributed by atoms with Crippen LogP contribution in [0.4, 0.5) is 5.69 Å². The predicted octanol–water partition coefficient (Wildman–Crippen LogP) is 1.47. The third kappa shape index (κ3) is 4.18. The number of quaternary nitrogens is 1. The molecule has 1 fully saturated rings. The highest BCUT2D eigenvalue weighted by Crippen LogP contribution is 2.21. The van der Waals surface area contributed by atoms with Gasteiger partial charge in [0, 0.05) is 11.1 Å². The lowest BCUT2D eigenvalue weighted by atomic mass is 9.99. The average molecular weight is 353 g/mol. The Morgan fingerprint density at radius 1 is 1.08 bits per heavy atom. The molecule has 1 aliphatic heterocycles. The molecule has 2 aromatic rings. The quantitative estimate of drug-likeness (QED) is 0.801. The molecule has 1 heterocycles. The molecule has 0 aliphatic carbocycles. The number of carbonyl (C=O) groups is 2. The number of ether oxygens (including phenoxy) is 1. The van der Waals surface area contributed by atoms with Crippen molar-refractivity contribution in [1.82, 2.24) is 0 Å². The van der Waals surface area contributed by atoms with Crippen molar-refractivity contribution in [3.8, 4) is 0 Å². The first-order chi connectivity index (χ1) is 12.6. The number of amides is 1. The van der Waals surface area contributed by atoms with E-state index in [2.05, 4.69) is 5.32 Å². The number of nitrogens with one attached hydrogen (secondary N) is 2. The number of hydrogen-bond acceptors (Lipinski definition) is 3. The second-order valence-corrected chi connectivity index (χ2v) is 6.73. The lowest BCUT2D eigenvalue weighted by Gasteiger charge is -2.28. The Kier molecular flexibility index (Phi) is 5.81. The molecule has 1 saturated heterocycles. The van der Waals surface area contributed by atoms with E-state index in [1.54, 1.807) is 12.1 Å². The number of hydrogen-bond donors (Lipinski definition) is 2. The molecule has 0 radical (unpaired) electrons. The second kappa shape index (κ2) is 8.25. The standard InChI is InChI=1S/C21H24N2O3/c1-15-8-9-19(18(14-15)20(24)17-6-4-3-5-7-17)22-21(25)16(2)23-10-12-26-13-11-23/h3-9,14,16H,10-13H2,1-2H3,(H,22,25)/p+1/t16-/m0/s1. The van der Waals surface area contributed by atoms with E-state index in [0.29, 0.717) is 30.0 Å². The number of rotatable bonds is 5. The molecule has 0 unspecified atom stereocenters. The van der Waals surface area contributed by atoms with Crippen LogP contribution in [0.15, 0.2) is 48.5 Å². The number of anilines is 1. The maximum atomic E-state index is 12.9. The molecule has 0 aromatic heterocycles. The van der Waals surface area contributed by atoms with E-state index in [9.17, 15) is 9.59 Å². The Morgan fingerprint density at radius 2 is 1.77 bits per heavy atom. The molecule has 2 aromatic carbocycles. The lowest BCUT2D eigenvalue weighted by molar-refractivity contribution is -0.921. The van der Waals surface area contributed by atoms with Gasteiger partial charge in [-0.25, -0.2) is 0 Å². The van der Waals surface area contributed by atoms with Crippen molar-refractivity contribution >= 4 is 17.4 Å². The lowest BCUT2D eigenvalue weighted by Crippen LogP contribution is -3.18. The Labute approximate surface area is 154 Å². The van der Waals surface area contributed by atoms with Gasteiger partial charge in [-0.15, -0.1) is 0 Å².